The molecule has 2 aromatic carbocycles. The van der Waals surface area contributed by atoms with Crippen LogP contribution in [0.1, 0.15) is 26.5 Å². The van der Waals surface area contributed by atoms with Crippen molar-refractivity contribution in [2.45, 2.75) is 6.42 Å². The van der Waals surface area contributed by atoms with E-state index in [2.05, 4.69) is 5.32 Å². The van der Waals surface area contributed by atoms with Crippen LogP contribution in [0.15, 0.2) is 66.0 Å². The minimum atomic E-state index is -0.252. The van der Waals surface area contributed by atoms with Gasteiger partial charge < -0.3 is 15.0 Å². The van der Waals surface area contributed by atoms with Gasteiger partial charge in [0, 0.05) is 19.2 Å². The zero-order chi connectivity index (χ0) is 20.6. The molecule has 0 atom stereocenters. The predicted octanol–water partition coefficient (Wildman–Crippen LogP) is 5.19. The van der Waals surface area contributed by atoms with Gasteiger partial charge in [0.15, 0.2) is 0 Å². The van der Waals surface area contributed by atoms with Gasteiger partial charge in [0.25, 0.3) is 11.8 Å². The summed E-state index contributed by atoms with van der Waals surface area (Å²) in [7, 11) is 1.74. The van der Waals surface area contributed by atoms with Gasteiger partial charge in [-0.15, -0.1) is 11.3 Å². The Labute approximate surface area is 178 Å². The van der Waals surface area contributed by atoms with Crippen molar-refractivity contribution < 1.29 is 14.3 Å². The minimum Gasteiger partial charge on any atom is -0.494 e. The SMILES string of the molecule is CN(CCCOc1ccccc1)C(=O)c1ccc(Cl)c(NC(=O)c2cccs2)c1. The predicted molar refractivity (Wildman–Crippen MR) is 117 cm³/mol. The van der Waals surface area contributed by atoms with E-state index < -0.39 is 0 Å². The Balaban J connectivity index is 1.56. The van der Waals surface area contributed by atoms with E-state index in [1.807, 2.05) is 35.7 Å². The van der Waals surface area contributed by atoms with E-state index >= 15 is 0 Å². The lowest BCUT2D eigenvalue weighted by Gasteiger charge is -2.18. The van der Waals surface area contributed by atoms with E-state index in [1.165, 1.54) is 11.3 Å². The van der Waals surface area contributed by atoms with Crippen LogP contribution in [0.5, 0.6) is 5.75 Å². The summed E-state index contributed by atoms with van der Waals surface area (Å²) in [4.78, 5) is 27.2. The number of halogens is 1. The molecule has 0 bridgehead atoms. The number of hydrogen-bond donors (Lipinski definition) is 1. The average molecular weight is 429 g/mol. The topological polar surface area (TPSA) is 58.6 Å². The molecule has 0 fully saturated rings. The highest BCUT2D eigenvalue weighted by Gasteiger charge is 2.15. The molecular formula is C22H21ClN2O3S. The van der Waals surface area contributed by atoms with Crippen molar-refractivity contribution in [3.63, 3.8) is 0 Å². The molecule has 0 radical (unpaired) electrons. The molecule has 1 heterocycles. The number of anilines is 1. The van der Waals surface area contributed by atoms with Gasteiger partial charge in [0.2, 0.25) is 0 Å². The number of carbonyl (C=O) groups excluding carboxylic acids is 2. The molecule has 0 unspecified atom stereocenters. The molecule has 3 rings (SSSR count). The molecule has 1 N–H and O–H groups in total. The third-order valence-corrected chi connectivity index (χ3v) is 5.40. The van der Waals surface area contributed by atoms with E-state index in [1.54, 1.807) is 42.3 Å². The van der Waals surface area contributed by atoms with Crippen LogP contribution in [0.4, 0.5) is 5.69 Å². The lowest BCUT2D eigenvalue weighted by Crippen LogP contribution is -2.28. The van der Waals surface area contributed by atoms with Crippen LogP contribution >= 0.6 is 22.9 Å². The van der Waals surface area contributed by atoms with Crippen LogP contribution in [-0.4, -0.2) is 36.9 Å². The van der Waals surface area contributed by atoms with Crippen LogP contribution in [0.2, 0.25) is 5.02 Å². The third-order valence-electron chi connectivity index (χ3n) is 4.20. The second-order valence-corrected chi connectivity index (χ2v) is 7.72. The molecule has 2 amide bonds. The van der Waals surface area contributed by atoms with Crippen molar-refractivity contribution in [1.29, 1.82) is 0 Å². The quantitative estimate of drug-likeness (QED) is 0.502. The number of nitrogens with one attached hydrogen (secondary N) is 1. The van der Waals surface area contributed by atoms with Crippen molar-refractivity contribution in [3.8, 4) is 5.75 Å². The number of hydrogen-bond acceptors (Lipinski definition) is 4. The summed E-state index contributed by atoms with van der Waals surface area (Å²) < 4.78 is 5.65. The fourth-order valence-electron chi connectivity index (χ4n) is 2.68. The van der Waals surface area contributed by atoms with E-state index in [-0.39, 0.29) is 11.8 Å². The first-order valence-corrected chi connectivity index (χ1v) is 10.4. The van der Waals surface area contributed by atoms with Crippen LogP contribution in [0.25, 0.3) is 0 Å². The molecule has 29 heavy (non-hydrogen) atoms. The standard InChI is InChI=1S/C22H21ClN2O3S/c1-25(12-6-13-28-17-7-3-2-4-8-17)22(27)16-10-11-18(23)19(15-16)24-21(26)20-9-5-14-29-20/h2-5,7-11,14-15H,6,12-13H2,1H3,(H,24,26). The van der Waals surface area contributed by atoms with Crippen LogP contribution in [0.3, 0.4) is 0 Å². The number of benzene rings is 2. The van der Waals surface area contributed by atoms with Gasteiger partial charge in [-0.05, 0) is 48.2 Å². The van der Waals surface area contributed by atoms with Crippen molar-refractivity contribution in [1.82, 2.24) is 4.90 Å². The second kappa shape index (κ2) is 10.1. The first kappa shape index (κ1) is 20.9. The van der Waals surface area contributed by atoms with E-state index in [9.17, 15) is 9.59 Å². The Bertz CT molecular complexity index is 961. The van der Waals surface area contributed by atoms with Gasteiger partial charge in [0.1, 0.15) is 5.75 Å². The third kappa shape index (κ3) is 5.82. The van der Waals surface area contributed by atoms with Crippen LogP contribution in [0, 0.1) is 0 Å². The number of para-hydroxylation sites is 1. The zero-order valence-electron chi connectivity index (χ0n) is 15.9. The lowest BCUT2D eigenvalue weighted by molar-refractivity contribution is 0.0787. The molecular weight excluding hydrogens is 408 g/mol. The Morgan fingerprint density at radius 3 is 2.62 bits per heavy atom. The van der Waals surface area contributed by atoms with Gasteiger partial charge in [-0.25, -0.2) is 0 Å². The van der Waals surface area contributed by atoms with Gasteiger partial charge in [0.05, 0.1) is 22.2 Å². The summed E-state index contributed by atoms with van der Waals surface area (Å²) in [5.74, 6) is 0.413. The normalized spacial score (nSPS) is 10.4. The fraction of sp³-hybridized carbons (Fsp3) is 0.182. The summed E-state index contributed by atoms with van der Waals surface area (Å²) >= 11 is 7.53. The molecule has 5 nitrogen and oxygen atoms in total. The molecule has 0 spiro atoms. The monoisotopic (exact) mass is 428 g/mol. The fourth-order valence-corrected chi connectivity index (χ4v) is 3.46. The Morgan fingerprint density at radius 1 is 1.10 bits per heavy atom. The van der Waals surface area contributed by atoms with Gasteiger partial charge >= 0.3 is 0 Å². The van der Waals surface area contributed by atoms with E-state index in [0.717, 1.165) is 5.75 Å². The van der Waals surface area contributed by atoms with Crippen LogP contribution in [-0.2, 0) is 0 Å². The van der Waals surface area contributed by atoms with Gasteiger partial charge in [-0.2, -0.15) is 0 Å². The van der Waals surface area contributed by atoms with Crippen molar-refractivity contribution in [3.05, 3.63) is 81.5 Å². The molecule has 0 aliphatic carbocycles. The molecule has 7 heteroatoms. The average Bonchev–Trinajstić information content (AvgIpc) is 3.28. The smallest absolute Gasteiger partial charge is 0.265 e. The Kier molecular flexibility index (Phi) is 7.27. The summed E-state index contributed by atoms with van der Waals surface area (Å²) in [5.41, 5.74) is 0.874. The Hall–Kier alpha value is -2.83. The molecule has 1 aromatic heterocycles. The highest BCUT2D eigenvalue weighted by molar-refractivity contribution is 7.12. The minimum absolute atomic E-state index is 0.145. The van der Waals surface area contributed by atoms with E-state index in [0.29, 0.717) is 40.7 Å². The first-order chi connectivity index (χ1) is 14.0. The maximum absolute atomic E-state index is 12.7. The molecule has 0 aliphatic heterocycles. The van der Waals surface area contributed by atoms with Crippen molar-refractivity contribution >= 4 is 40.4 Å². The Morgan fingerprint density at radius 2 is 1.90 bits per heavy atom. The number of ether oxygens (including phenoxy) is 1. The van der Waals surface area contributed by atoms with Crippen molar-refractivity contribution in [2.75, 3.05) is 25.5 Å². The summed E-state index contributed by atoms with van der Waals surface area (Å²) in [6, 6.07) is 18.0. The number of rotatable bonds is 8. The highest BCUT2D eigenvalue weighted by Crippen LogP contribution is 2.25. The largest absolute Gasteiger partial charge is 0.494 e. The molecule has 0 saturated carbocycles. The van der Waals surface area contributed by atoms with Crippen LogP contribution < -0.4 is 10.1 Å². The first-order valence-electron chi connectivity index (χ1n) is 9.12. The lowest BCUT2D eigenvalue weighted by atomic mass is 10.1. The number of carbonyl (C=O) groups is 2. The molecule has 0 aliphatic rings. The molecule has 0 saturated heterocycles. The number of amides is 2. The maximum Gasteiger partial charge on any atom is 0.265 e. The molecule has 3 aromatic rings. The summed E-state index contributed by atoms with van der Waals surface area (Å²) in [6.45, 7) is 1.07. The number of thiophene rings is 1. The van der Waals surface area contributed by atoms with Crippen molar-refractivity contribution in [2.24, 2.45) is 0 Å². The molecule has 150 valence electrons. The van der Waals surface area contributed by atoms with E-state index in [4.69, 9.17) is 16.3 Å². The summed E-state index contributed by atoms with van der Waals surface area (Å²) in [6.07, 6.45) is 0.701. The maximum atomic E-state index is 12.7. The van der Waals surface area contributed by atoms with Gasteiger partial charge in [-0.3, -0.25) is 9.59 Å². The second-order valence-electron chi connectivity index (χ2n) is 6.37. The number of nitrogens with zero attached hydrogens (tertiary/aromatic N) is 1. The van der Waals surface area contributed by atoms with Gasteiger partial charge in [-0.1, -0.05) is 35.9 Å². The highest BCUT2D eigenvalue weighted by atomic mass is 35.5. The zero-order valence-corrected chi connectivity index (χ0v) is 17.5. The summed E-state index contributed by atoms with van der Waals surface area (Å²) in [5, 5.41) is 4.97.